The van der Waals surface area contributed by atoms with E-state index in [-0.39, 0.29) is 58.2 Å². The molecule has 0 unspecified atom stereocenters. The van der Waals surface area contributed by atoms with Gasteiger partial charge in [0.05, 0.1) is 0 Å². The summed E-state index contributed by atoms with van der Waals surface area (Å²) in [4.78, 5) is 0. The third-order valence-corrected chi connectivity index (χ3v) is 1.22. The summed E-state index contributed by atoms with van der Waals surface area (Å²) in [6.07, 6.45) is 0.967. The van der Waals surface area contributed by atoms with Crippen LogP contribution in [0.2, 0.25) is 0 Å². The van der Waals surface area contributed by atoms with E-state index in [1.54, 1.807) is 0 Å². The minimum absolute atomic E-state index is 0. The standard InChI is InChI=1S/C8H10N.Rb/c9-7-6-8-4-2-1-3-5-8;/h2-5H,6-7,9H2;/q-1;+1. The summed E-state index contributed by atoms with van der Waals surface area (Å²) < 4.78 is 0. The molecule has 0 atom stereocenters. The predicted molar refractivity (Wildman–Crippen MR) is 38.0 cm³/mol. The van der Waals surface area contributed by atoms with Crippen molar-refractivity contribution >= 4 is 0 Å². The van der Waals surface area contributed by atoms with Gasteiger partial charge < -0.3 is 5.73 Å². The van der Waals surface area contributed by atoms with E-state index in [2.05, 4.69) is 6.07 Å². The van der Waals surface area contributed by atoms with E-state index >= 15 is 0 Å². The fourth-order valence-electron chi connectivity index (χ4n) is 0.755. The van der Waals surface area contributed by atoms with Crippen LogP contribution >= 0.6 is 0 Å². The zero-order chi connectivity index (χ0) is 6.53. The Morgan fingerprint density at radius 1 is 1.30 bits per heavy atom. The first kappa shape index (κ1) is 11.0. The molecule has 2 heteroatoms. The van der Waals surface area contributed by atoms with Crippen molar-refractivity contribution in [3.05, 3.63) is 35.9 Å². The molecule has 0 heterocycles. The molecule has 1 rings (SSSR count). The SMILES string of the molecule is NCCc1cc[c-]cc1.[Rb+]. The number of rotatable bonds is 2. The third kappa shape index (κ3) is 3.99. The second-order valence-corrected chi connectivity index (χ2v) is 1.95. The molecule has 0 radical (unpaired) electrons. The summed E-state index contributed by atoms with van der Waals surface area (Å²) in [5.41, 5.74) is 6.64. The van der Waals surface area contributed by atoms with E-state index < -0.39 is 0 Å². The van der Waals surface area contributed by atoms with E-state index in [0.29, 0.717) is 0 Å². The smallest absolute Gasteiger partial charge is 0.330 e. The second kappa shape index (κ2) is 6.68. The number of nitrogens with two attached hydrogens (primary N) is 1. The Balaban J connectivity index is 0.000000810. The van der Waals surface area contributed by atoms with E-state index in [4.69, 9.17) is 5.73 Å². The van der Waals surface area contributed by atoms with Crippen LogP contribution in [0, 0.1) is 6.07 Å². The third-order valence-electron chi connectivity index (χ3n) is 1.22. The first-order valence-corrected chi connectivity index (χ1v) is 3.08. The summed E-state index contributed by atoms with van der Waals surface area (Å²) in [6, 6.07) is 10.8. The van der Waals surface area contributed by atoms with Crippen LogP contribution < -0.4 is 63.9 Å². The van der Waals surface area contributed by atoms with E-state index in [1.165, 1.54) is 5.56 Å². The van der Waals surface area contributed by atoms with Crippen LogP contribution in [0.3, 0.4) is 0 Å². The molecule has 1 nitrogen and oxygen atoms in total. The Morgan fingerprint density at radius 2 is 1.90 bits per heavy atom. The number of hydrogen-bond donors (Lipinski definition) is 1. The minimum Gasteiger partial charge on any atom is -0.330 e. The first-order valence-electron chi connectivity index (χ1n) is 3.08. The molecule has 1 aromatic carbocycles. The Labute approximate surface area is 111 Å². The maximum absolute atomic E-state index is 5.35. The summed E-state index contributed by atoms with van der Waals surface area (Å²) in [5, 5.41) is 0. The van der Waals surface area contributed by atoms with Crippen molar-refractivity contribution in [2.75, 3.05) is 6.54 Å². The normalized spacial score (nSPS) is 8.50. The molecule has 0 spiro atoms. The van der Waals surface area contributed by atoms with Crippen molar-refractivity contribution < 1.29 is 58.2 Å². The Hall–Kier alpha value is 0.985. The van der Waals surface area contributed by atoms with Gasteiger partial charge in [-0.15, -0.1) is 0 Å². The minimum atomic E-state index is 0. The molecule has 0 aromatic heterocycles. The van der Waals surface area contributed by atoms with E-state index in [1.807, 2.05) is 24.3 Å². The molecule has 48 valence electrons. The van der Waals surface area contributed by atoms with Gasteiger partial charge >= 0.3 is 58.2 Å². The average molecular weight is 206 g/mol. The molecular weight excluding hydrogens is 196 g/mol. The van der Waals surface area contributed by atoms with Gasteiger partial charge in [0.15, 0.2) is 0 Å². The molecule has 0 amide bonds. The van der Waals surface area contributed by atoms with Gasteiger partial charge in [0.2, 0.25) is 0 Å². The van der Waals surface area contributed by atoms with Crippen LogP contribution in [0.1, 0.15) is 5.56 Å². The van der Waals surface area contributed by atoms with Crippen molar-refractivity contribution in [2.24, 2.45) is 5.73 Å². The van der Waals surface area contributed by atoms with Crippen molar-refractivity contribution in [3.8, 4) is 0 Å². The van der Waals surface area contributed by atoms with Crippen molar-refractivity contribution in [1.29, 1.82) is 0 Å². The van der Waals surface area contributed by atoms with Gasteiger partial charge in [0.25, 0.3) is 0 Å². The second-order valence-electron chi connectivity index (χ2n) is 1.95. The van der Waals surface area contributed by atoms with Gasteiger partial charge in [-0.05, 0) is 13.0 Å². The van der Waals surface area contributed by atoms with E-state index in [0.717, 1.165) is 13.0 Å². The molecule has 0 fully saturated rings. The van der Waals surface area contributed by atoms with Gasteiger partial charge in [-0.2, -0.15) is 35.9 Å². The maximum atomic E-state index is 5.35. The summed E-state index contributed by atoms with van der Waals surface area (Å²) in [5.74, 6) is 0. The van der Waals surface area contributed by atoms with Crippen molar-refractivity contribution in [3.63, 3.8) is 0 Å². The van der Waals surface area contributed by atoms with Gasteiger partial charge in [-0.25, -0.2) is 0 Å². The van der Waals surface area contributed by atoms with E-state index in [9.17, 15) is 0 Å². The number of benzene rings is 1. The van der Waals surface area contributed by atoms with Crippen LogP contribution in [0.4, 0.5) is 0 Å². The molecule has 0 aliphatic rings. The van der Waals surface area contributed by atoms with Crippen LogP contribution in [-0.2, 0) is 6.42 Å². The predicted octanol–water partition coefficient (Wildman–Crippen LogP) is -2.01. The Bertz CT molecular complexity index is 162. The van der Waals surface area contributed by atoms with Gasteiger partial charge in [-0.3, -0.25) is 0 Å². The first-order chi connectivity index (χ1) is 4.43. The fourth-order valence-corrected chi connectivity index (χ4v) is 0.755. The molecule has 0 bridgehead atoms. The molecule has 0 aliphatic carbocycles. The van der Waals surface area contributed by atoms with Crippen LogP contribution in [0.25, 0.3) is 0 Å². The van der Waals surface area contributed by atoms with Crippen molar-refractivity contribution in [1.82, 2.24) is 0 Å². The van der Waals surface area contributed by atoms with Crippen LogP contribution in [-0.4, -0.2) is 6.54 Å². The van der Waals surface area contributed by atoms with Crippen LogP contribution in [0.5, 0.6) is 0 Å². The van der Waals surface area contributed by atoms with Crippen molar-refractivity contribution in [2.45, 2.75) is 6.42 Å². The molecule has 0 saturated carbocycles. The molecule has 1 aromatic rings. The average Bonchev–Trinajstić information content (AvgIpc) is 1.91. The molecule has 0 saturated heterocycles. The molecule has 10 heavy (non-hydrogen) atoms. The summed E-state index contributed by atoms with van der Waals surface area (Å²) in [6.45, 7) is 0.726. The molecule has 0 aliphatic heterocycles. The quantitative estimate of drug-likeness (QED) is 0.555. The van der Waals surface area contributed by atoms with Gasteiger partial charge in [0, 0.05) is 0 Å². The zero-order valence-electron chi connectivity index (χ0n) is 6.30. The summed E-state index contributed by atoms with van der Waals surface area (Å²) >= 11 is 0. The largest absolute Gasteiger partial charge is 1.00 e. The molecular formula is C8H10NRb. The Morgan fingerprint density at radius 3 is 2.40 bits per heavy atom. The zero-order valence-corrected chi connectivity index (χ0v) is 11.2. The Kier molecular flexibility index (Phi) is 7.34. The monoisotopic (exact) mass is 205 g/mol. The maximum Gasteiger partial charge on any atom is 1.00 e. The summed E-state index contributed by atoms with van der Waals surface area (Å²) in [7, 11) is 0. The van der Waals surface area contributed by atoms with Crippen LogP contribution in [0.15, 0.2) is 24.3 Å². The van der Waals surface area contributed by atoms with Gasteiger partial charge in [0.1, 0.15) is 0 Å². The fraction of sp³-hybridized carbons (Fsp3) is 0.250. The number of hydrogen-bond acceptors (Lipinski definition) is 1. The molecule has 2 N–H and O–H groups in total. The van der Waals surface area contributed by atoms with Gasteiger partial charge in [-0.1, -0.05) is 0 Å². The topological polar surface area (TPSA) is 26.0 Å².